The molecule has 1 fully saturated rings. The highest BCUT2D eigenvalue weighted by atomic mass is 16.5. The van der Waals surface area contributed by atoms with E-state index in [2.05, 4.69) is 22.0 Å². The summed E-state index contributed by atoms with van der Waals surface area (Å²) in [5.41, 5.74) is 5.45. The maximum absolute atomic E-state index is 5.45. The van der Waals surface area contributed by atoms with Crippen molar-refractivity contribution in [2.75, 3.05) is 26.2 Å². The summed E-state index contributed by atoms with van der Waals surface area (Å²) in [7, 11) is 0. The molecule has 0 bridgehead atoms. The molecule has 2 N–H and O–H groups in total. The third-order valence-corrected chi connectivity index (χ3v) is 3.16. The van der Waals surface area contributed by atoms with Gasteiger partial charge in [-0.05, 0) is 32.5 Å². The number of hydrogen-bond acceptors (Lipinski definition) is 5. The van der Waals surface area contributed by atoms with Gasteiger partial charge in [-0.2, -0.15) is 4.98 Å². The van der Waals surface area contributed by atoms with E-state index in [9.17, 15) is 0 Å². The first-order valence-corrected chi connectivity index (χ1v) is 6.08. The first-order valence-electron chi connectivity index (χ1n) is 6.08. The predicted octanol–water partition coefficient (Wildman–Crippen LogP) is 0.770. The Balaban J connectivity index is 1.92. The predicted molar refractivity (Wildman–Crippen MR) is 61.1 cm³/mol. The fourth-order valence-corrected chi connectivity index (χ4v) is 2.12. The molecular weight excluding hydrogens is 204 g/mol. The molecule has 16 heavy (non-hydrogen) atoms. The lowest BCUT2D eigenvalue weighted by molar-refractivity contribution is 0.346. The second-order valence-corrected chi connectivity index (χ2v) is 4.32. The van der Waals surface area contributed by atoms with E-state index in [0.717, 1.165) is 50.6 Å². The highest BCUT2D eigenvalue weighted by molar-refractivity contribution is 5.00. The SMILES string of the molecule is CCN1CCC(c2noc(CCCN)n2)C1. The van der Waals surface area contributed by atoms with Gasteiger partial charge in [0.05, 0.1) is 0 Å². The van der Waals surface area contributed by atoms with Crippen LogP contribution in [0.5, 0.6) is 0 Å². The van der Waals surface area contributed by atoms with Crippen LogP contribution in [-0.2, 0) is 6.42 Å². The van der Waals surface area contributed by atoms with Gasteiger partial charge < -0.3 is 15.2 Å². The van der Waals surface area contributed by atoms with Crippen molar-refractivity contribution in [2.24, 2.45) is 5.73 Å². The van der Waals surface area contributed by atoms with Crippen molar-refractivity contribution in [3.8, 4) is 0 Å². The number of nitrogens with two attached hydrogens (primary N) is 1. The molecule has 1 aliphatic rings. The summed E-state index contributed by atoms with van der Waals surface area (Å²) < 4.78 is 5.21. The van der Waals surface area contributed by atoms with E-state index in [1.165, 1.54) is 0 Å². The second-order valence-electron chi connectivity index (χ2n) is 4.32. The van der Waals surface area contributed by atoms with Crippen LogP contribution in [0.25, 0.3) is 0 Å². The summed E-state index contributed by atoms with van der Waals surface area (Å²) >= 11 is 0. The third kappa shape index (κ3) is 2.59. The summed E-state index contributed by atoms with van der Waals surface area (Å²) in [6, 6.07) is 0. The molecule has 0 amide bonds. The first kappa shape index (κ1) is 11.5. The Morgan fingerprint density at radius 3 is 3.12 bits per heavy atom. The molecule has 0 saturated carbocycles. The Morgan fingerprint density at radius 2 is 2.44 bits per heavy atom. The average Bonchev–Trinajstić information content (AvgIpc) is 2.94. The summed E-state index contributed by atoms with van der Waals surface area (Å²) in [4.78, 5) is 6.86. The maximum Gasteiger partial charge on any atom is 0.226 e. The standard InChI is InChI=1S/C11H20N4O/c1-2-15-7-5-9(8-15)11-13-10(16-14-11)4-3-6-12/h9H,2-8,12H2,1H3. The molecule has 2 heterocycles. The van der Waals surface area contributed by atoms with Gasteiger partial charge >= 0.3 is 0 Å². The fraction of sp³-hybridized carbons (Fsp3) is 0.818. The van der Waals surface area contributed by atoms with E-state index >= 15 is 0 Å². The molecule has 1 unspecified atom stereocenters. The van der Waals surface area contributed by atoms with Gasteiger partial charge in [0.2, 0.25) is 5.89 Å². The average molecular weight is 224 g/mol. The lowest BCUT2D eigenvalue weighted by atomic mass is 10.1. The zero-order valence-corrected chi connectivity index (χ0v) is 9.85. The Labute approximate surface area is 96.0 Å². The summed E-state index contributed by atoms with van der Waals surface area (Å²) in [5, 5.41) is 4.07. The summed E-state index contributed by atoms with van der Waals surface area (Å²) in [6.45, 7) is 6.17. The highest BCUT2D eigenvalue weighted by Gasteiger charge is 2.26. The second kappa shape index (κ2) is 5.41. The monoisotopic (exact) mass is 224 g/mol. The van der Waals surface area contributed by atoms with Crippen molar-refractivity contribution in [1.82, 2.24) is 15.0 Å². The van der Waals surface area contributed by atoms with Crippen LogP contribution in [0.3, 0.4) is 0 Å². The van der Waals surface area contributed by atoms with Crippen molar-refractivity contribution < 1.29 is 4.52 Å². The largest absolute Gasteiger partial charge is 0.339 e. The van der Waals surface area contributed by atoms with E-state index in [-0.39, 0.29) is 0 Å². The van der Waals surface area contributed by atoms with Crippen LogP contribution in [0, 0.1) is 0 Å². The molecule has 0 aromatic carbocycles. The third-order valence-electron chi connectivity index (χ3n) is 3.16. The molecule has 0 aliphatic carbocycles. The zero-order chi connectivity index (χ0) is 11.4. The lowest BCUT2D eigenvalue weighted by Gasteiger charge is -2.10. The Bertz CT molecular complexity index is 326. The van der Waals surface area contributed by atoms with Crippen LogP contribution in [0.1, 0.15) is 37.4 Å². The maximum atomic E-state index is 5.45. The van der Waals surface area contributed by atoms with E-state index in [1.54, 1.807) is 0 Å². The van der Waals surface area contributed by atoms with Gasteiger partial charge in [0, 0.05) is 18.9 Å². The lowest BCUT2D eigenvalue weighted by Crippen LogP contribution is -2.19. The van der Waals surface area contributed by atoms with Crippen molar-refractivity contribution in [1.29, 1.82) is 0 Å². The molecule has 1 atom stereocenters. The van der Waals surface area contributed by atoms with E-state index < -0.39 is 0 Å². The molecule has 2 rings (SSSR count). The Hall–Kier alpha value is -0.940. The molecule has 1 aromatic rings. The summed E-state index contributed by atoms with van der Waals surface area (Å²) in [5.74, 6) is 2.06. The molecular formula is C11H20N4O. The Morgan fingerprint density at radius 1 is 1.56 bits per heavy atom. The number of likely N-dealkylation sites (N-methyl/N-ethyl adjacent to an activating group) is 1. The molecule has 0 radical (unpaired) electrons. The number of nitrogens with zero attached hydrogens (tertiary/aromatic N) is 3. The highest BCUT2D eigenvalue weighted by Crippen LogP contribution is 2.24. The minimum atomic E-state index is 0.454. The number of rotatable bonds is 5. The van der Waals surface area contributed by atoms with E-state index in [0.29, 0.717) is 12.5 Å². The van der Waals surface area contributed by atoms with Crippen LogP contribution in [0.4, 0.5) is 0 Å². The van der Waals surface area contributed by atoms with Crippen LogP contribution in [0.15, 0.2) is 4.52 Å². The van der Waals surface area contributed by atoms with Gasteiger partial charge in [-0.25, -0.2) is 0 Å². The molecule has 1 saturated heterocycles. The van der Waals surface area contributed by atoms with Crippen molar-refractivity contribution in [3.05, 3.63) is 11.7 Å². The smallest absolute Gasteiger partial charge is 0.226 e. The number of aryl methyl sites for hydroxylation is 1. The van der Waals surface area contributed by atoms with Crippen molar-refractivity contribution >= 4 is 0 Å². The number of aromatic nitrogens is 2. The number of hydrogen-bond donors (Lipinski definition) is 1. The minimum Gasteiger partial charge on any atom is -0.339 e. The number of likely N-dealkylation sites (tertiary alicyclic amines) is 1. The van der Waals surface area contributed by atoms with Crippen molar-refractivity contribution in [2.45, 2.75) is 32.1 Å². The van der Waals surface area contributed by atoms with Crippen LogP contribution in [0.2, 0.25) is 0 Å². The molecule has 0 spiro atoms. The summed E-state index contributed by atoms with van der Waals surface area (Å²) in [6.07, 6.45) is 2.85. The van der Waals surface area contributed by atoms with Gasteiger partial charge in [-0.3, -0.25) is 0 Å². The van der Waals surface area contributed by atoms with Gasteiger partial charge in [0.25, 0.3) is 0 Å². The molecule has 90 valence electrons. The van der Waals surface area contributed by atoms with Gasteiger partial charge in [-0.1, -0.05) is 12.1 Å². The molecule has 5 nitrogen and oxygen atoms in total. The topological polar surface area (TPSA) is 68.2 Å². The quantitative estimate of drug-likeness (QED) is 0.800. The molecule has 1 aromatic heterocycles. The molecule has 5 heteroatoms. The van der Waals surface area contributed by atoms with Crippen LogP contribution < -0.4 is 5.73 Å². The van der Waals surface area contributed by atoms with Crippen molar-refractivity contribution in [3.63, 3.8) is 0 Å². The van der Waals surface area contributed by atoms with Crippen LogP contribution >= 0.6 is 0 Å². The zero-order valence-electron chi connectivity index (χ0n) is 9.85. The minimum absolute atomic E-state index is 0.454. The van der Waals surface area contributed by atoms with Gasteiger partial charge in [0.1, 0.15) is 0 Å². The molecule has 1 aliphatic heterocycles. The van der Waals surface area contributed by atoms with E-state index in [1.807, 2.05) is 0 Å². The van der Waals surface area contributed by atoms with E-state index in [4.69, 9.17) is 10.3 Å². The van der Waals surface area contributed by atoms with Gasteiger partial charge in [-0.15, -0.1) is 0 Å². The van der Waals surface area contributed by atoms with Gasteiger partial charge in [0.15, 0.2) is 5.82 Å². The van der Waals surface area contributed by atoms with Crippen LogP contribution in [-0.4, -0.2) is 41.2 Å². The fourth-order valence-electron chi connectivity index (χ4n) is 2.12. The normalized spacial score (nSPS) is 21.8. The first-order chi connectivity index (χ1) is 7.83. The Kier molecular flexibility index (Phi) is 3.90.